The van der Waals surface area contributed by atoms with Crippen LogP contribution in [0.1, 0.15) is 0 Å². The molecule has 0 aliphatic rings. The van der Waals surface area contributed by atoms with Gasteiger partial charge in [0.05, 0.1) is 0 Å². The number of aromatic nitrogens is 2. The Morgan fingerprint density at radius 2 is 1.13 bits per heavy atom. The molecule has 2 nitrogen and oxygen atoms in total. The van der Waals surface area contributed by atoms with Crippen molar-refractivity contribution in [2.75, 3.05) is 12.5 Å². The topological polar surface area (TPSA) is 25.8 Å². The average molecular weight is 558 g/mol. The van der Waals surface area contributed by atoms with Crippen molar-refractivity contribution in [3.05, 3.63) is 60.9 Å². The van der Waals surface area contributed by atoms with Crippen molar-refractivity contribution in [2.45, 2.75) is 20.4 Å². The van der Waals surface area contributed by atoms with Gasteiger partial charge in [-0.3, -0.25) is 0 Å². The van der Waals surface area contributed by atoms with E-state index >= 15 is 0 Å². The molecule has 0 N–H and O–H groups in total. The van der Waals surface area contributed by atoms with E-state index in [0.29, 0.717) is 29.9 Å². The number of rotatable bonds is 6. The van der Waals surface area contributed by atoms with Crippen LogP contribution in [0.4, 0.5) is 0 Å². The van der Waals surface area contributed by atoms with Crippen LogP contribution in [-0.2, 0) is 0 Å². The third-order valence-electron chi connectivity index (χ3n) is 4.53. The molecule has 0 aliphatic heterocycles. The minimum atomic E-state index is 0.328. The van der Waals surface area contributed by atoms with Gasteiger partial charge in [-0.2, -0.15) is 0 Å². The predicted octanol–water partition coefficient (Wildman–Crippen LogP) is 4.43. The van der Waals surface area contributed by atoms with E-state index in [2.05, 4.69) is 82.9 Å². The van der Waals surface area contributed by atoms with Gasteiger partial charge in [0, 0.05) is 0 Å². The molecule has 0 amide bonds. The summed E-state index contributed by atoms with van der Waals surface area (Å²) in [5.41, 5.74) is 2.16. The molecule has 0 unspecified atom stereocenters. The molecule has 0 fully saturated rings. The number of fused-ring (bicyclic) bond motifs is 2. The summed E-state index contributed by atoms with van der Waals surface area (Å²) < 4.78 is 2.87. The van der Waals surface area contributed by atoms with Gasteiger partial charge in [0.2, 0.25) is 0 Å². The Morgan fingerprint density at radius 3 is 1.57 bits per heavy atom. The van der Waals surface area contributed by atoms with Gasteiger partial charge < -0.3 is 0 Å². The summed E-state index contributed by atoms with van der Waals surface area (Å²) in [6.07, 6.45) is 8.28. The summed E-state index contributed by atoms with van der Waals surface area (Å²) in [5.74, 6) is 6.89. The average Bonchev–Trinajstić information content (AvgIpc) is 2.81. The minimum absolute atomic E-state index is 0.328. The van der Waals surface area contributed by atoms with Gasteiger partial charge in [0.1, 0.15) is 0 Å². The zero-order valence-corrected chi connectivity index (χ0v) is 21.8. The summed E-state index contributed by atoms with van der Waals surface area (Å²) in [7, 11) is 0. The van der Waals surface area contributed by atoms with Gasteiger partial charge in [-0.25, -0.2) is 0 Å². The van der Waals surface area contributed by atoms with Crippen molar-refractivity contribution in [2.24, 2.45) is 0 Å². The first-order valence-electron chi connectivity index (χ1n) is 9.36. The molecule has 0 saturated heterocycles. The van der Waals surface area contributed by atoms with E-state index in [-0.39, 0.29) is 0 Å². The van der Waals surface area contributed by atoms with E-state index < -0.39 is 0 Å². The van der Waals surface area contributed by atoms with Crippen LogP contribution in [-0.4, -0.2) is 52.4 Å². The number of benzene rings is 2. The van der Waals surface area contributed by atoms with Crippen molar-refractivity contribution in [3.63, 3.8) is 0 Å². The Kier molecular flexibility index (Phi) is 7.79. The van der Waals surface area contributed by atoms with Crippen LogP contribution in [0.2, 0.25) is 10.6 Å². The van der Waals surface area contributed by atoms with Gasteiger partial charge >= 0.3 is 200 Å². The predicted molar refractivity (Wildman–Crippen MR) is 135 cm³/mol. The second kappa shape index (κ2) is 10.7. The Bertz CT molecular complexity index is 1150. The molecule has 0 bridgehead atoms. The number of hydrogen-bond acceptors (Lipinski definition) is 4. The van der Waals surface area contributed by atoms with Gasteiger partial charge in [-0.1, -0.05) is 0 Å². The summed E-state index contributed by atoms with van der Waals surface area (Å²) in [4.78, 5) is 11.8. The molecule has 4 rings (SSSR count). The summed E-state index contributed by atoms with van der Waals surface area (Å²) in [6, 6.07) is 16.9. The maximum absolute atomic E-state index is 4.59. The molecule has 0 aliphatic carbocycles. The van der Waals surface area contributed by atoms with E-state index in [9.17, 15) is 0 Å². The van der Waals surface area contributed by atoms with E-state index in [0.717, 1.165) is 21.7 Å². The number of hydrogen-bond donors (Lipinski definition) is 0. The molecule has 2 heterocycles. The van der Waals surface area contributed by atoms with Crippen molar-refractivity contribution in [1.82, 2.24) is 9.97 Å². The molecule has 2 aromatic heterocycles. The number of pyridine rings is 2. The van der Waals surface area contributed by atoms with Crippen LogP contribution >= 0.6 is 23.5 Å². The maximum atomic E-state index is 4.59. The fraction of sp³-hybridized carbons (Fsp3) is 0.167. The number of thioether (sulfide) groups is 2. The van der Waals surface area contributed by atoms with Crippen LogP contribution in [0.5, 0.6) is 0 Å². The Hall–Kier alpha value is -1.44. The van der Waals surface area contributed by atoms with Gasteiger partial charge in [0.25, 0.3) is 0 Å². The molecular formula is C24H20N2S2Se2. The molecule has 6 heteroatoms. The fourth-order valence-corrected chi connectivity index (χ4v) is 9.20. The van der Waals surface area contributed by atoms with E-state index in [4.69, 9.17) is 0 Å². The van der Waals surface area contributed by atoms with Crippen LogP contribution in [0.15, 0.2) is 70.7 Å². The Balaban J connectivity index is 1.45. The van der Waals surface area contributed by atoms with Crippen molar-refractivity contribution < 1.29 is 0 Å². The quantitative estimate of drug-likeness (QED) is 0.199. The normalized spacial score (nSPS) is 10.9. The Labute approximate surface area is 198 Å². The Morgan fingerprint density at radius 1 is 0.700 bits per heavy atom. The van der Waals surface area contributed by atoms with E-state index in [1.54, 1.807) is 23.5 Å². The van der Waals surface area contributed by atoms with E-state index in [1.165, 1.54) is 29.5 Å². The van der Waals surface area contributed by atoms with Gasteiger partial charge in [-0.05, 0) is 0 Å². The van der Waals surface area contributed by atoms with Crippen LogP contribution in [0.3, 0.4) is 0 Å². The third-order valence-corrected chi connectivity index (χ3v) is 10.9. The van der Waals surface area contributed by atoms with Crippen molar-refractivity contribution >= 4 is 84.2 Å². The second-order valence-corrected chi connectivity index (χ2v) is 12.1. The van der Waals surface area contributed by atoms with Crippen LogP contribution < -0.4 is 8.92 Å². The molecular weight excluding hydrogens is 538 g/mol. The molecule has 2 aromatic carbocycles. The summed E-state index contributed by atoms with van der Waals surface area (Å²) in [5, 5.41) is 4.44. The molecule has 30 heavy (non-hydrogen) atoms. The summed E-state index contributed by atoms with van der Waals surface area (Å²) in [6.45, 7) is 0. The van der Waals surface area contributed by atoms with Gasteiger partial charge in [0.15, 0.2) is 0 Å². The standard InChI is InChI=1S/C24H20N2S2Se2/c1-27-21-15-25-19-11-5-3-9-17(19)23(21)29-13-7-8-14-30-24-18-10-4-6-12-20(18)26-16-22(24)28-2/h3-6,9-12,15-16H,13-14H2,1-2H3. The van der Waals surface area contributed by atoms with Crippen molar-refractivity contribution in [1.29, 1.82) is 0 Å². The van der Waals surface area contributed by atoms with E-state index in [1.807, 2.05) is 12.4 Å². The number of para-hydroxylation sites is 2. The zero-order chi connectivity index (χ0) is 20.8. The second-order valence-electron chi connectivity index (χ2n) is 6.28. The zero-order valence-electron chi connectivity index (χ0n) is 16.7. The summed E-state index contributed by atoms with van der Waals surface area (Å²) >= 11 is 4.22. The van der Waals surface area contributed by atoms with Crippen LogP contribution in [0.25, 0.3) is 21.8 Å². The molecule has 0 atom stereocenters. The molecule has 0 spiro atoms. The molecule has 0 saturated carbocycles. The molecule has 150 valence electrons. The first-order chi connectivity index (χ1) is 14.8. The molecule has 4 aromatic rings. The van der Waals surface area contributed by atoms with Crippen LogP contribution in [0, 0.1) is 11.8 Å². The molecule has 0 radical (unpaired) electrons. The first-order valence-corrected chi connectivity index (χ1v) is 15.9. The third kappa shape index (κ3) is 4.89. The van der Waals surface area contributed by atoms with Gasteiger partial charge in [-0.15, -0.1) is 0 Å². The monoisotopic (exact) mass is 560 g/mol. The first kappa shape index (κ1) is 21.8. The fourth-order valence-electron chi connectivity index (χ4n) is 3.10. The van der Waals surface area contributed by atoms with Crippen molar-refractivity contribution in [3.8, 4) is 11.8 Å². The SMILES string of the molecule is CSc1cnc2ccccc2c1[Se]CC#CC[Se]c1c(SC)cnc2ccccc12. The number of nitrogens with zero attached hydrogens (tertiary/aromatic N) is 2.